The number of thiophene rings is 1. The predicted molar refractivity (Wildman–Crippen MR) is 81.0 cm³/mol. The molecule has 6 heteroatoms. The van der Waals surface area contributed by atoms with Gasteiger partial charge in [0.05, 0.1) is 11.5 Å². The van der Waals surface area contributed by atoms with Gasteiger partial charge < -0.3 is 15.7 Å². The zero-order chi connectivity index (χ0) is 13.7. The molecule has 5 nitrogen and oxygen atoms in total. The number of aliphatic hydroxyl groups is 1. The highest BCUT2D eigenvalue weighted by Gasteiger charge is 2.09. The minimum absolute atomic E-state index is 0.351. The van der Waals surface area contributed by atoms with E-state index < -0.39 is 0 Å². The van der Waals surface area contributed by atoms with Gasteiger partial charge in [-0.2, -0.15) is 4.98 Å². The molecule has 1 unspecified atom stereocenters. The standard InChI is InChI=1S/C13H20N4OS/c1-3-6-14-13-16-11(15-8-9(18)4-2)10-5-7-19-12(10)17-13/h5,7,9,18H,3-4,6,8H2,1-2H3,(H2,14,15,16,17). The molecule has 0 amide bonds. The second-order valence-corrected chi connectivity index (χ2v) is 5.30. The van der Waals surface area contributed by atoms with E-state index in [-0.39, 0.29) is 6.10 Å². The van der Waals surface area contributed by atoms with Gasteiger partial charge >= 0.3 is 0 Å². The van der Waals surface area contributed by atoms with Crippen LogP contribution in [0, 0.1) is 0 Å². The lowest BCUT2D eigenvalue weighted by Crippen LogP contribution is -2.19. The van der Waals surface area contributed by atoms with Crippen molar-refractivity contribution < 1.29 is 5.11 Å². The zero-order valence-corrected chi connectivity index (χ0v) is 12.1. The lowest BCUT2D eigenvalue weighted by molar-refractivity contribution is 0.183. The number of anilines is 2. The first-order valence-corrected chi connectivity index (χ1v) is 7.53. The summed E-state index contributed by atoms with van der Waals surface area (Å²) in [7, 11) is 0. The lowest BCUT2D eigenvalue weighted by atomic mass is 10.3. The quantitative estimate of drug-likeness (QED) is 0.727. The Kier molecular flexibility index (Phi) is 4.93. The van der Waals surface area contributed by atoms with Gasteiger partial charge in [-0.1, -0.05) is 13.8 Å². The molecule has 0 aliphatic rings. The van der Waals surface area contributed by atoms with Gasteiger partial charge in [-0.05, 0) is 24.3 Å². The summed E-state index contributed by atoms with van der Waals surface area (Å²) in [5.74, 6) is 1.43. The molecule has 2 rings (SSSR count). The molecule has 0 aliphatic carbocycles. The van der Waals surface area contributed by atoms with Crippen molar-refractivity contribution in [2.75, 3.05) is 23.7 Å². The highest BCUT2D eigenvalue weighted by atomic mass is 32.1. The van der Waals surface area contributed by atoms with Crippen LogP contribution in [0.15, 0.2) is 11.4 Å². The number of hydrogen-bond donors (Lipinski definition) is 3. The predicted octanol–water partition coefficient (Wildman–Crippen LogP) is 2.70. The Morgan fingerprint density at radius 2 is 2.16 bits per heavy atom. The fourth-order valence-electron chi connectivity index (χ4n) is 1.66. The van der Waals surface area contributed by atoms with Gasteiger partial charge in [-0.25, -0.2) is 4.98 Å². The first kappa shape index (κ1) is 14.0. The molecular weight excluding hydrogens is 260 g/mol. The maximum Gasteiger partial charge on any atom is 0.226 e. The van der Waals surface area contributed by atoms with Crippen LogP contribution in [-0.4, -0.2) is 34.3 Å². The van der Waals surface area contributed by atoms with E-state index >= 15 is 0 Å². The van der Waals surface area contributed by atoms with E-state index in [1.807, 2.05) is 18.4 Å². The summed E-state index contributed by atoms with van der Waals surface area (Å²) in [5.41, 5.74) is 0. The first-order chi connectivity index (χ1) is 9.24. The van der Waals surface area contributed by atoms with Gasteiger partial charge in [0.1, 0.15) is 10.6 Å². The molecule has 104 valence electrons. The maximum atomic E-state index is 9.63. The summed E-state index contributed by atoms with van der Waals surface area (Å²) < 4.78 is 0. The monoisotopic (exact) mass is 280 g/mol. The van der Waals surface area contributed by atoms with Crippen molar-refractivity contribution in [2.45, 2.75) is 32.8 Å². The second kappa shape index (κ2) is 6.68. The molecule has 3 N–H and O–H groups in total. The normalized spacial score (nSPS) is 12.6. The number of hydrogen-bond acceptors (Lipinski definition) is 6. The van der Waals surface area contributed by atoms with Crippen LogP contribution in [0.4, 0.5) is 11.8 Å². The molecule has 0 saturated heterocycles. The lowest BCUT2D eigenvalue weighted by Gasteiger charge is -2.12. The molecule has 0 aliphatic heterocycles. The van der Waals surface area contributed by atoms with E-state index in [9.17, 15) is 5.11 Å². The highest BCUT2D eigenvalue weighted by molar-refractivity contribution is 7.16. The number of nitrogens with zero attached hydrogens (tertiary/aromatic N) is 2. The van der Waals surface area contributed by atoms with E-state index in [0.29, 0.717) is 12.5 Å². The van der Waals surface area contributed by atoms with E-state index in [0.717, 1.165) is 35.4 Å². The highest BCUT2D eigenvalue weighted by Crippen LogP contribution is 2.26. The van der Waals surface area contributed by atoms with Crippen LogP contribution in [0.3, 0.4) is 0 Å². The zero-order valence-electron chi connectivity index (χ0n) is 11.3. The fraction of sp³-hybridized carbons (Fsp3) is 0.538. The molecule has 0 bridgehead atoms. The summed E-state index contributed by atoms with van der Waals surface area (Å²) in [5, 5.41) is 19.1. The fourth-order valence-corrected chi connectivity index (χ4v) is 2.43. The largest absolute Gasteiger partial charge is 0.391 e. The van der Waals surface area contributed by atoms with Crippen molar-refractivity contribution in [3.63, 3.8) is 0 Å². The molecule has 19 heavy (non-hydrogen) atoms. The minimum atomic E-state index is -0.351. The van der Waals surface area contributed by atoms with E-state index in [1.165, 1.54) is 0 Å². The van der Waals surface area contributed by atoms with Crippen LogP contribution >= 0.6 is 11.3 Å². The van der Waals surface area contributed by atoms with Crippen LogP contribution in [0.1, 0.15) is 26.7 Å². The Labute approximate surface area is 117 Å². The number of aliphatic hydroxyl groups excluding tert-OH is 1. The summed E-state index contributed by atoms with van der Waals surface area (Å²) in [4.78, 5) is 9.91. The molecule has 0 spiro atoms. The van der Waals surface area contributed by atoms with E-state index in [2.05, 4.69) is 27.5 Å². The van der Waals surface area contributed by atoms with Gasteiger partial charge in [0.15, 0.2) is 0 Å². The van der Waals surface area contributed by atoms with Crippen molar-refractivity contribution in [3.05, 3.63) is 11.4 Å². The Bertz CT molecular complexity index is 528. The average Bonchev–Trinajstić information content (AvgIpc) is 2.90. The van der Waals surface area contributed by atoms with Crippen LogP contribution in [0.2, 0.25) is 0 Å². The minimum Gasteiger partial charge on any atom is -0.391 e. The molecule has 1 atom stereocenters. The third kappa shape index (κ3) is 3.54. The Hall–Kier alpha value is -1.40. The van der Waals surface area contributed by atoms with Crippen molar-refractivity contribution in [3.8, 4) is 0 Å². The molecule has 0 fully saturated rings. The molecule has 2 aromatic heterocycles. The van der Waals surface area contributed by atoms with Gasteiger partial charge in [0.2, 0.25) is 5.95 Å². The number of fused-ring (bicyclic) bond motifs is 1. The Morgan fingerprint density at radius 3 is 2.89 bits per heavy atom. The van der Waals surface area contributed by atoms with E-state index in [1.54, 1.807) is 11.3 Å². The average molecular weight is 280 g/mol. The third-order valence-electron chi connectivity index (χ3n) is 2.83. The van der Waals surface area contributed by atoms with Gasteiger partial charge in [0, 0.05) is 13.1 Å². The smallest absolute Gasteiger partial charge is 0.226 e. The van der Waals surface area contributed by atoms with Crippen molar-refractivity contribution in [1.82, 2.24) is 9.97 Å². The maximum absolute atomic E-state index is 9.63. The molecular formula is C13H20N4OS. The van der Waals surface area contributed by atoms with Gasteiger partial charge in [-0.15, -0.1) is 11.3 Å². The second-order valence-electron chi connectivity index (χ2n) is 4.40. The Balaban J connectivity index is 2.21. The van der Waals surface area contributed by atoms with Crippen LogP contribution in [0.5, 0.6) is 0 Å². The summed E-state index contributed by atoms with van der Waals surface area (Å²) in [6, 6.07) is 2.00. The first-order valence-electron chi connectivity index (χ1n) is 6.65. The van der Waals surface area contributed by atoms with Crippen molar-refractivity contribution in [2.24, 2.45) is 0 Å². The molecule has 2 aromatic rings. The van der Waals surface area contributed by atoms with E-state index in [4.69, 9.17) is 0 Å². The number of aromatic nitrogens is 2. The molecule has 0 saturated carbocycles. The van der Waals surface area contributed by atoms with Gasteiger partial charge in [0.25, 0.3) is 0 Å². The topological polar surface area (TPSA) is 70.1 Å². The third-order valence-corrected chi connectivity index (χ3v) is 3.64. The van der Waals surface area contributed by atoms with Crippen molar-refractivity contribution >= 4 is 33.3 Å². The SMILES string of the molecule is CCCNc1nc(NCC(O)CC)c2ccsc2n1. The summed E-state index contributed by atoms with van der Waals surface area (Å²) in [6.45, 7) is 5.42. The van der Waals surface area contributed by atoms with Gasteiger partial charge in [-0.3, -0.25) is 0 Å². The molecule has 2 heterocycles. The van der Waals surface area contributed by atoms with Crippen molar-refractivity contribution in [1.29, 1.82) is 0 Å². The summed E-state index contributed by atoms with van der Waals surface area (Å²) in [6.07, 6.45) is 1.41. The number of rotatable bonds is 7. The van der Waals surface area contributed by atoms with Crippen LogP contribution in [0.25, 0.3) is 10.2 Å². The number of nitrogens with one attached hydrogen (secondary N) is 2. The van der Waals surface area contributed by atoms with Crippen LogP contribution < -0.4 is 10.6 Å². The molecule has 0 aromatic carbocycles. The van der Waals surface area contributed by atoms with Crippen LogP contribution in [-0.2, 0) is 0 Å². The summed E-state index contributed by atoms with van der Waals surface area (Å²) >= 11 is 1.60. The molecule has 0 radical (unpaired) electrons. The Morgan fingerprint density at radius 1 is 1.32 bits per heavy atom.